The minimum Gasteiger partial charge on any atom is -0.726 e. The Labute approximate surface area is 638 Å². The van der Waals surface area contributed by atoms with Crippen molar-refractivity contribution in [3.63, 3.8) is 0 Å². The zero-order valence-corrected chi connectivity index (χ0v) is 67.0. The molecule has 0 amide bonds. The average Bonchev–Trinajstić information content (AvgIpc) is 0.783. The summed E-state index contributed by atoms with van der Waals surface area (Å²) in [5, 5.41) is 50.4. The summed E-state index contributed by atoms with van der Waals surface area (Å²) in [5.41, 5.74) is 12.9. The maximum absolute atomic E-state index is 10.5. The number of fused-ring (bicyclic) bond motifs is 2. The van der Waals surface area contributed by atoms with Crippen LogP contribution in [0.15, 0.2) is 72.8 Å². The molecule has 4 aromatic carbocycles. The fraction of sp³-hybridized carbons (Fsp3) is 0.679. The fourth-order valence-corrected chi connectivity index (χ4v) is 12.6. The van der Waals surface area contributed by atoms with Crippen molar-refractivity contribution in [2.75, 3.05) is 33.0 Å². The Hall–Kier alpha value is -2.26. The van der Waals surface area contributed by atoms with Gasteiger partial charge in [-0.3, -0.25) is 4.18 Å². The van der Waals surface area contributed by atoms with Gasteiger partial charge in [-0.15, -0.1) is 0 Å². The van der Waals surface area contributed by atoms with E-state index in [2.05, 4.69) is 31.9 Å². The van der Waals surface area contributed by atoms with E-state index in [4.69, 9.17) is 37.9 Å². The Kier molecular flexibility index (Phi) is 46.2. The molecule has 0 radical (unpaired) electrons. The van der Waals surface area contributed by atoms with Crippen molar-refractivity contribution in [3.8, 4) is 0 Å². The van der Waals surface area contributed by atoms with Crippen molar-refractivity contribution < 1.29 is 144 Å². The Morgan fingerprint density at radius 1 is 0.434 bits per heavy atom. The first kappa shape index (κ1) is 91.0. The van der Waals surface area contributed by atoms with Crippen LogP contribution in [-0.4, -0.2) is 121 Å². The molecule has 4 fully saturated rings. The van der Waals surface area contributed by atoms with E-state index >= 15 is 0 Å². The Morgan fingerprint density at radius 3 is 0.990 bits per heavy atom. The molecule has 4 aliphatic rings. The summed E-state index contributed by atoms with van der Waals surface area (Å²) < 4.78 is 83.3. The van der Waals surface area contributed by atoms with Crippen LogP contribution in [0.5, 0.6) is 0 Å². The number of carboxylic acids is 1. The summed E-state index contributed by atoms with van der Waals surface area (Å²) in [7, 11) is -4.48. The summed E-state index contributed by atoms with van der Waals surface area (Å²) in [4.78, 5) is 10.2. The Balaban J connectivity index is 0.000000352. The molecular weight excluding hydrogens is 1300 g/mol. The molecule has 0 saturated carbocycles. The molecule has 0 spiro atoms. The number of hydrogen-bond donors (Lipinski definition) is 4. The van der Waals surface area contributed by atoms with Gasteiger partial charge in [0, 0.05) is 28.2 Å². The van der Waals surface area contributed by atoms with Gasteiger partial charge in [0.15, 0.2) is 25.2 Å². The van der Waals surface area contributed by atoms with Crippen molar-refractivity contribution in [1.29, 1.82) is 0 Å². The number of aryl methyl sites for hydroxylation is 8. The molecular formula is C78H120Na2O18S. The van der Waals surface area contributed by atoms with E-state index in [0.29, 0.717) is 19.6 Å². The summed E-state index contributed by atoms with van der Waals surface area (Å²) in [6.07, 6.45) is 23.5. The molecule has 4 saturated heterocycles. The first-order valence-electron chi connectivity index (χ1n) is 36.4. The predicted molar refractivity (Wildman–Crippen MR) is 374 cm³/mol. The second-order valence-electron chi connectivity index (χ2n) is 27.1. The summed E-state index contributed by atoms with van der Waals surface area (Å²) in [6, 6.07) is 24.1. The van der Waals surface area contributed by atoms with Gasteiger partial charge in [0.1, 0.15) is 48.8 Å². The number of rotatable bonds is 36. The average molecular weight is 1420 g/mol. The number of aliphatic hydroxyl groups is 4. The molecule has 4 heterocycles. The van der Waals surface area contributed by atoms with Gasteiger partial charge in [0.05, 0.1) is 33.0 Å². The minimum atomic E-state index is -4.48. The Bertz CT molecular complexity index is 2820. The molecule has 99 heavy (non-hydrogen) atoms. The third-order valence-electron chi connectivity index (χ3n) is 19.0. The molecule has 0 aromatic heterocycles. The van der Waals surface area contributed by atoms with Gasteiger partial charge in [-0.1, -0.05) is 234 Å². The van der Waals surface area contributed by atoms with Crippen LogP contribution in [-0.2, 0) is 57.3 Å². The molecule has 548 valence electrons. The van der Waals surface area contributed by atoms with Gasteiger partial charge in [-0.25, -0.2) is 8.42 Å². The van der Waals surface area contributed by atoms with Crippen LogP contribution in [0.1, 0.15) is 273 Å². The molecule has 18 nitrogen and oxygen atoms in total. The second kappa shape index (κ2) is 50.3. The van der Waals surface area contributed by atoms with Crippen molar-refractivity contribution in [2.24, 2.45) is 0 Å². The van der Waals surface area contributed by atoms with Crippen LogP contribution < -0.4 is 64.2 Å². The van der Waals surface area contributed by atoms with Gasteiger partial charge in [0.25, 0.3) is 0 Å². The SMILES string of the molecule is CCCCCCCCCCCCCCCCCC(=O)[O-].CCCCCCCCCCCCOS(=O)(=O)[O-].Cc1ccc(C2OC[C@@H]3OC(c4ccc(C)c(C)c4)O[C@H]([C@H](O)CO)[C@@H]3O2)cc1C.Cc1ccc(C2OC[C@@H]3OC(c4ccc(C)c(C)c4)O[C@H]([C@H](O)CO)[C@@H]3O2)cc1C.[Na+].[Na+]. The van der Waals surface area contributed by atoms with Gasteiger partial charge in [-0.05, 0) is 119 Å². The van der Waals surface area contributed by atoms with Crippen LogP contribution >= 0.6 is 0 Å². The van der Waals surface area contributed by atoms with Crippen molar-refractivity contribution in [3.05, 3.63) is 140 Å². The monoisotopic (exact) mass is 1420 g/mol. The van der Waals surface area contributed by atoms with Crippen LogP contribution in [0.4, 0.5) is 0 Å². The number of unbranched alkanes of at least 4 members (excludes halogenated alkanes) is 23. The Morgan fingerprint density at radius 2 is 0.717 bits per heavy atom. The number of carboxylic acid groups (broad SMARTS) is 1. The van der Waals surface area contributed by atoms with Crippen LogP contribution in [0, 0.1) is 55.4 Å². The number of ether oxygens (including phenoxy) is 8. The zero-order valence-electron chi connectivity index (χ0n) is 62.2. The van der Waals surface area contributed by atoms with Gasteiger partial charge < -0.3 is 72.8 Å². The molecule has 4 unspecified atom stereocenters. The van der Waals surface area contributed by atoms with E-state index in [0.717, 1.165) is 70.2 Å². The van der Waals surface area contributed by atoms with E-state index < -0.39 is 104 Å². The van der Waals surface area contributed by atoms with Crippen molar-refractivity contribution in [1.82, 2.24) is 0 Å². The van der Waals surface area contributed by atoms with E-state index in [1.807, 2.05) is 114 Å². The number of carbonyl (C=O) groups is 1. The summed E-state index contributed by atoms with van der Waals surface area (Å²) in [5.74, 6) is -0.903. The maximum Gasteiger partial charge on any atom is 1.00 e. The molecule has 4 aliphatic heterocycles. The summed E-state index contributed by atoms with van der Waals surface area (Å²) >= 11 is 0. The normalized spacial score (nSPS) is 22.4. The third kappa shape index (κ3) is 33.4. The smallest absolute Gasteiger partial charge is 0.726 e. The molecule has 12 atom stereocenters. The number of hydrogen-bond acceptors (Lipinski definition) is 18. The van der Waals surface area contributed by atoms with Crippen molar-refractivity contribution in [2.45, 2.75) is 310 Å². The number of benzene rings is 4. The van der Waals surface area contributed by atoms with Crippen LogP contribution in [0.25, 0.3) is 0 Å². The van der Waals surface area contributed by atoms with E-state index in [1.54, 1.807) is 0 Å². The van der Waals surface area contributed by atoms with Crippen LogP contribution in [0.2, 0.25) is 0 Å². The van der Waals surface area contributed by atoms with E-state index in [-0.39, 0.29) is 72.1 Å². The minimum absolute atomic E-state index is 0. The number of carbonyl (C=O) groups excluding carboxylic acids is 1. The molecule has 4 aromatic rings. The predicted octanol–water partition coefficient (Wildman–Crippen LogP) is 8.73. The third-order valence-corrected chi connectivity index (χ3v) is 19.4. The zero-order chi connectivity index (χ0) is 70.7. The molecule has 8 rings (SSSR count). The number of aliphatic hydroxyl groups excluding tert-OH is 4. The van der Waals surface area contributed by atoms with Crippen LogP contribution in [0.3, 0.4) is 0 Å². The van der Waals surface area contributed by atoms with Gasteiger partial charge in [-0.2, -0.15) is 0 Å². The number of aliphatic carboxylic acids is 1. The van der Waals surface area contributed by atoms with Gasteiger partial charge >= 0.3 is 59.1 Å². The van der Waals surface area contributed by atoms with E-state index in [9.17, 15) is 43.3 Å². The van der Waals surface area contributed by atoms with E-state index in [1.165, 1.54) is 151 Å². The largest absolute Gasteiger partial charge is 1.00 e. The standard InChI is InChI=1S/2C24H30O6.C18H36O2.C12H26O4S.2Na/c2*1-13-5-7-17(9-15(13)3)23-27-12-20-22(30-23)21(19(26)11-25)29-24(28-20)18-8-6-14(2)16(4)10-18;1-2-3-4-5-6-7-8-9-10-11-12-13-14-15-16-17-18(19)20;1-2-3-4-5-6-7-8-9-10-11-12-16-17(13,14)15;;/h2*5-10,19-26H,11-12H2,1-4H3;2-17H2,1H3,(H,19,20);2-12H2,1H3,(H,13,14,15);;/q;;;;2*+1/p-2/t2*19-,20+,21-,22-,23?,24?;;;;/m11..../s1. The molecule has 4 N–H and O–H groups in total. The molecule has 0 aliphatic carbocycles. The van der Waals surface area contributed by atoms with Gasteiger partial charge in [0.2, 0.25) is 10.4 Å². The second-order valence-corrected chi connectivity index (χ2v) is 28.2. The molecule has 0 bridgehead atoms. The first-order valence-corrected chi connectivity index (χ1v) is 37.7. The maximum atomic E-state index is 10.5. The molecule has 21 heteroatoms. The first-order chi connectivity index (χ1) is 46.6. The topological polar surface area (TPSA) is 261 Å². The summed E-state index contributed by atoms with van der Waals surface area (Å²) in [6.45, 7) is 20.6. The van der Waals surface area contributed by atoms with Crippen molar-refractivity contribution >= 4 is 16.4 Å². The quantitative estimate of drug-likeness (QED) is 0.0144. The fourth-order valence-electron chi connectivity index (χ4n) is 12.3.